The van der Waals surface area contributed by atoms with Gasteiger partial charge in [-0.1, -0.05) is 6.07 Å². The molecule has 3 rings (SSSR count). The molecule has 1 N–H and O–H groups in total. The van der Waals surface area contributed by atoms with E-state index in [-0.39, 0.29) is 6.04 Å². The lowest BCUT2D eigenvalue weighted by Crippen LogP contribution is -2.38. The van der Waals surface area contributed by atoms with Gasteiger partial charge in [-0.15, -0.1) is 0 Å². The maximum atomic E-state index is 5.50. The molecule has 0 radical (unpaired) electrons. The van der Waals surface area contributed by atoms with Crippen LogP contribution in [-0.4, -0.2) is 27.4 Å². The molecule has 0 spiro atoms. The monoisotopic (exact) mass is 405 g/mol. The van der Waals surface area contributed by atoms with Crippen molar-refractivity contribution in [2.24, 2.45) is 0 Å². The first kappa shape index (κ1) is 18.1. The van der Waals surface area contributed by atoms with Gasteiger partial charge in [0, 0.05) is 12.1 Å². The molecule has 0 saturated carbocycles. The Morgan fingerprint density at radius 2 is 1.68 bits per heavy atom. The second-order valence-corrected chi connectivity index (χ2v) is 7.26. The van der Waals surface area contributed by atoms with E-state index in [0.29, 0.717) is 6.04 Å². The number of ether oxygens (including phenoxy) is 3. The summed E-state index contributed by atoms with van der Waals surface area (Å²) < 4.78 is 17.3. The van der Waals surface area contributed by atoms with Crippen molar-refractivity contribution in [2.45, 2.75) is 31.8 Å². The van der Waals surface area contributed by atoms with Crippen molar-refractivity contribution >= 4 is 15.9 Å². The van der Waals surface area contributed by atoms with Gasteiger partial charge in [0.1, 0.15) is 5.75 Å². The molecule has 0 bridgehead atoms. The normalized spacial score (nSPS) is 19.2. The highest BCUT2D eigenvalue weighted by Crippen LogP contribution is 2.37. The van der Waals surface area contributed by atoms with Crippen LogP contribution in [0.15, 0.2) is 34.8 Å². The Morgan fingerprint density at radius 1 is 1.00 bits per heavy atom. The molecule has 2 atom stereocenters. The van der Waals surface area contributed by atoms with Gasteiger partial charge in [0.2, 0.25) is 0 Å². The first-order chi connectivity index (χ1) is 12.0. The Morgan fingerprint density at radius 3 is 2.32 bits per heavy atom. The van der Waals surface area contributed by atoms with Crippen molar-refractivity contribution in [3.8, 4) is 17.2 Å². The summed E-state index contributed by atoms with van der Waals surface area (Å²) in [5.41, 5.74) is 3.85. The zero-order chi connectivity index (χ0) is 18.0. The third kappa shape index (κ3) is 3.77. The average Bonchev–Trinajstić information content (AvgIpc) is 2.60. The van der Waals surface area contributed by atoms with Crippen molar-refractivity contribution in [3.05, 3.63) is 51.5 Å². The first-order valence-electron chi connectivity index (χ1n) is 8.39. The van der Waals surface area contributed by atoms with Gasteiger partial charge in [-0.3, -0.25) is 0 Å². The van der Waals surface area contributed by atoms with Crippen LogP contribution >= 0.6 is 15.9 Å². The van der Waals surface area contributed by atoms with Gasteiger partial charge < -0.3 is 19.5 Å². The lowest BCUT2D eigenvalue weighted by Gasteiger charge is -2.32. The molecule has 1 heterocycles. The minimum absolute atomic E-state index is 0.235. The largest absolute Gasteiger partial charge is 0.496 e. The fourth-order valence-corrected chi connectivity index (χ4v) is 4.09. The Kier molecular flexibility index (Phi) is 5.54. The Hall–Kier alpha value is -1.72. The highest BCUT2D eigenvalue weighted by atomic mass is 79.9. The number of nitrogens with one attached hydrogen (secondary N) is 1. The van der Waals surface area contributed by atoms with E-state index in [0.717, 1.165) is 34.6 Å². The number of hydrogen-bond donors (Lipinski definition) is 1. The predicted molar refractivity (Wildman–Crippen MR) is 103 cm³/mol. The topological polar surface area (TPSA) is 39.7 Å². The minimum Gasteiger partial charge on any atom is -0.496 e. The van der Waals surface area contributed by atoms with Gasteiger partial charge in [0.05, 0.1) is 25.8 Å². The molecule has 5 heteroatoms. The van der Waals surface area contributed by atoms with Crippen molar-refractivity contribution < 1.29 is 14.2 Å². The molecule has 0 amide bonds. The lowest BCUT2D eigenvalue weighted by atomic mass is 9.87. The van der Waals surface area contributed by atoms with Crippen LogP contribution in [0.3, 0.4) is 0 Å². The molecule has 1 aliphatic heterocycles. The Labute approximate surface area is 157 Å². The first-order valence-corrected chi connectivity index (χ1v) is 9.18. The summed E-state index contributed by atoms with van der Waals surface area (Å²) in [4.78, 5) is 0. The number of benzene rings is 2. The fourth-order valence-electron chi connectivity index (χ4n) is 3.50. The Bertz CT molecular complexity index is 763. The summed E-state index contributed by atoms with van der Waals surface area (Å²) in [6, 6.07) is 11.1. The van der Waals surface area contributed by atoms with Gasteiger partial charge in [0.15, 0.2) is 11.5 Å². The highest BCUT2D eigenvalue weighted by Gasteiger charge is 2.26. The van der Waals surface area contributed by atoms with Crippen LogP contribution in [0, 0.1) is 0 Å². The van der Waals surface area contributed by atoms with Crippen molar-refractivity contribution in [3.63, 3.8) is 0 Å². The predicted octanol–water partition coefficient (Wildman–Crippen LogP) is 4.29. The molecule has 2 aromatic rings. The maximum Gasteiger partial charge on any atom is 0.161 e. The number of hydrogen-bond acceptors (Lipinski definition) is 4. The molecule has 0 saturated heterocycles. The quantitative estimate of drug-likeness (QED) is 0.804. The smallest absolute Gasteiger partial charge is 0.161 e. The van der Waals surface area contributed by atoms with Gasteiger partial charge in [-0.05, 0) is 76.7 Å². The molecule has 2 aromatic carbocycles. The zero-order valence-corrected chi connectivity index (χ0v) is 16.6. The molecule has 0 aromatic heterocycles. The molecular weight excluding hydrogens is 382 g/mol. The number of rotatable bonds is 5. The average molecular weight is 406 g/mol. The highest BCUT2D eigenvalue weighted by molar-refractivity contribution is 9.10. The van der Waals surface area contributed by atoms with Crippen LogP contribution in [0.2, 0.25) is 0 Å². The molecule has 0 fully saturated rings. The molecule has 1 aliphatic rings. The fraction of sp³-hybridized carbons (Fsp3) is 0.400. The second kappa shape index (κ2) is 7.67. The summed E-state index contributed by atoms with van der Waals surface area (Å²) in [6.07, 6.45) is 1.88. The summed E-state index contributed by atoms with van der Waals surface area (Å²) in [5.74, 6) is 2.42. The number of halogens is 1. The van der Waals surface area contributed by atoms with E-state index in [1.165, 1.54) is 16.7 Å². The van der Waals surface area contributed by atoms with E-state index < -0.39 is 0 Å². The van der Waals surface area contributed by atoms with Gasteiger partial charge in [-0.25, -0.2) is 0 Å². The van der Waals surface area contributed by atoms with E-state index >= 15 is 0 Å². The van der Waals surface area contributed by atoms with Crippen molar-refractivity contribution in [2.75, 3.05) is 21.3 Å². The number of methoxy groups -OCH3 is 3. The van der Waals surface area contributed by atoms with Crippen LogP contribution < -0.4 is 19.5 Å². The molecule has 0 aliphatic carbocycles. The van der Waals surface area contributed by atoms with Crippen LogP contribution in [0.4, 0.5) is 0 Å². The third-order valence-electron chi connectivity index (χ3n) is 4.69. The maximum absolute atomic E-state index is 5.50. The van der Waals surface area contributed by atoms with Gasteiger partial charge in [0.25, 0.3) is 0 Å². The SMILES string of the molecule is COc1ccc(CC2N[C@@H](C)Cc3cc(OC)c(OC)cc32)cc1Br. The van der Waals surface area contributed by atoms with Crippen LogP contribution in [-0.2, 0) is 12.8 Å². The second-order valence-electron chi connectivity index (χ2n) is 6.40. The molecular formula is C20H24BrNO3. The van der Waals surface area contributed by atoms with Crippen molar-refractivity contribution in [1.29, 1.82) is 0 Å². The summed E-state index contributed by atoms with van der Waals surface area (Å²) >= 11 is 3.58. The third-order valence-corrected chi connectivity index (χ3v) is 5.31. The number of fused-ring (bicyclic) bond motifs is 1. The van der Waals surface area contributed by atoms with Gasteiger partial charge >= 0.3 is 0 Å². The molecule has 4 nitrogen and oxygen atoms in total. The van der Waals surface area contributed by atoms with E-state index in [1.54, 1.807) is 21.3 Å². The van der Waals surface area contributed by atoms with Gasteiger partial charge in [-0.2, -0.15) is 0 Å². The molecule has 1 unspecified atom stereocenters. The summed E-state index contributed by atoms with van der Waals surface area (Å²) in [7, 11) is 5.04. The Balaban J connectivity index is 1.94. The van der Waals surface area contributed by atoms with E-state index in [1.807, 2.05) is 6.07 Å². The summed E-state index contributed by atoms with van der Waals surface area (Å²) in [5, 5.41) is 3.71. The van der Waals surface area contributed by atoms with E-state index in [4.69, 9.17) is 14.2 Å². The minimum atomic E-state index is 0.235. The molecule has 134 valence electrons. The van der Waals surface area contributed by atoms with Crippen LogP contribution in [0.25, 0.3) is 0 Å². The van der Waals surface area contributed by atoms with Crippen LogP contribution in [0.1, 0.15) is 29.7 Å². The van der Waals surface area contributed by atoms with Crippen molar-refractivity contribution in [1.82, 2.24) is 5.32 Å². The van der Waals surface area contributed by atoms with E-state index in [2.05, 4.69) is 52.4 Å². The standard InChI is InChI=1S/C20H24BrNO3/c1-12-7-14-10-19(24-3)20(25-4)11-15(14)17(22-12)9-13-5-6-18(23-2)16(21)8-13/h5-6,8,10-12,17,22H,7,9H2,1-4H3/t12-,17?/m0/s1. The van der Waals surface area contributed by atoms with Crippen LogP contribution in [0.5, 0.6) is 17.2 Å². The zero-order valence-electron chi connectivity index (χ0n) is 15.1. The summed E-state index contributed by atoms with van der Waals surface area (Å²) in [6.45, 7) is 2.22. The van der Waals surface area contributed by atoms with E-state index in [9.17, 15) is 0 Å². The molecule has 25 heavy (non-hydrogen) atoms. The lowest BCUT2D eigenvalue weighted by molar-refractivity contribution is 0.349.